The molecule has 0 bridgehead atoms. The second kappa shape index (κ2) is 20.0. The molecule has 12 heteroatoms. The lowest BCUT2D eigenvalue weighted by Gasteiger charge is -2.09. The number of fused-ring (bicyclic) bond motifs is 4. The first kappa shape index (κ1) is 38.8. The first-order valence-electron chi connectivity index (χ1n) is 18.1. The first-order valence-corrected chi connectivity index (χ1v) is 19.7. The number of hydrogen-bond donors (Lipinski definition) is 0. The van der Waals surface area contributed by atoms with Crippen molar-refractivity contribution in [2.45, 2.75) is 38.5 Å². The lowest BCUT2D eigenvalue weighted by Crippen LogP contribution is -2.16. The highest BCUT2D eigenvalue weighted by Gasteiger charge is 2.11. The Labute approximate surface area is 320 Å². The van der Waals surface area contributed by atoms with Crippen LogP contribution >= 0.6 is 22.7 Å². The Morgan fingerprint density at radius 1 is 0.444 bits per heavy atom. The van der Waals surface area contributed by atoms with Crippen LogP contribution in [0, 0.1) is 0 Å². The zero-order chi connectivity index (χ0) is 37.5. The number of benzene rings is 4. The van der Waals surface area contributed by atoms with Gasteiger partial charge in [0.1, 0.15) is 11.5 Å². The summed E-state index contributed by atoms with van der Waals surface area (Å²) in [6, 6.07) is 25.5. The molecule has 0 amide bonds. The van der Waals surface area contributed by atoms with Crippen molar-refractivity contribution in [3.63, 3.8) is 0 Å². The van der Waals surface area contributed by atoms with Crippen molar-refractivity contribution in [3.8, 4) is 11.5 Å². The van der Waals surface area contributed by atoms with Gasteiger partial charge in [-0.25, -0.2) is 9.59 Å². The molecule has 2 aromatic heterocycles. The van der Waals surface area contributed by atoms with E-state index in [2.05, 4.69) is 0 Å². The first-order chi connectivity index (χ1) is 26.5. The van der Waals surface area contributed by atoms with Gasteiger partial charge < -0.3 is 28.4 Å². The average Bonchev–Trinajstić information content (AvgIpc) is 3.19. The molecule has 0 fully saturated rings. The van der Waals surface area contributed by atoms with E-state index in [1.165, 1.54) is 22.7 Å². The van der Waals surface area contributed by atoms with Crippen molar-refractivity contribution in [1.82, 2.24) is 0 Å². The number of carbonyl (C=O) groups excluding carboxylic acids is 2. The Balaban J connectivity index is 0.720. The van der Waals surface area contributed by atoms with Gasteiger partial charge in [-0.05, 0) is 99.2 Å². The number of carbonyl (C=O) groups is 2. The van der Waals surface area contributed by atoms with Crippen LogP contribution in [0.1, 0.15) is 38.5 Å². The number of rotatable bonds is 21. The van der Waals surface area contributed by atoms with Crippen LogP contribution in [0.2, 0.25) is 0 Å². The Bertz CT molecular complexity index is 2150. The van der Waals surface area contributed by atoms with Gasteiger partial charge in [0.05, 0.1) is 13.2 Å². The molecule has 0 aliphatic rings. The van der Waals surface area contributed by atoms with Crippen LogP contribution in [0.25, 0.3) is 40.3 Å². The van der Waals surface area contributed by atoms with E-state index in [0.29, 0.717) is 85.5 Å². The zero-order valence-corrected chi connectivity index (χ0v) is 31.5. The molecule has 0 spiro atoms. The highest BCUT2D eigenvalue weighted by atomic mass is 32.1. The molecule has 0 saturated carbocycles. The summed E-state index contributed by atoms with van der Waals surface area (Å²) in [6.45, 7) is 2.66. The summed E-state index contributed by atoms with van der Waals surface area (Å²) in [7, 11) is 0. The Kier molecular flexibility index (Phi) is 14.4. The van der Waals surface area contributed by atoms with Gasteiger partial charge in [0.25, 0.3) is 0 Å². The van der Waals surface area contributed by atoms with Crippen molar-refractivity contribution >= 4 is 75.0 Å². The van der Waals surface area contributed by atoms with Crippen molar-refractivity contribution in [2.75, 3.05) is 52.9 Å². The number of esters is 2. The fourth-order valence-electron chi connectivity index (χ4n) is 5.71. The lowest BCUT2D eigenvalue weighted by atomic mass is 10.2. The van der Waals surface area contributed by atoms with Crippen molar-refractivity contribution in [1.29, 1.82) is 0 Å². The van der Waals surface area contributed by atoms with Crippen LogP contribution in [-0.4, -0.2) is 64.8 Å². The molecule has 0 aliphatic heterocycles. The fraction of sp³-hybridized carbons (Fsp3) is 0.333. The van der Waals surface area contributed by atoms with Crippen molar-refractivity contribution in [3.05, 3.63) is 105 Å². The minimum atomic E-state index is -0.442. The van der Waals surface area contributed by atoms with Crippen LogP contribution in [0.15, 0.2) is 94.5 Å². The summed E-state index contributed by atoms with van der Waals surface area (Å²) in [5, 5.41) is 2.66. The van der Waals surface area contributed by atoms with E-state index in [1.807, 2.05) is 48.5 Å². The van der Waals surface area contributed by atoms with Gasteiger partial charge in [0.15, 0.2) is 24.1 Å². The molecule has 6 aromatic rings. The summed E-state index contributed by atoms with van der Waals surface area (Å²) in [5.41, 5.74) is -0.0197. The summed E-state index contributed by atoms with van der Waals surface area (Å²) in [4.78, 5) is 49.8. The third-order valence-corrected chi connectivity index (χ3v) is 10.8. The second-order valence-corrected chi connectivity index (χ2v) is 14.7. The molecule has 54 heavy (non-hydrogen) atoms. The number of unbranched alkanes of at least 4 members (excludes halogenated alkanes) is 3. The monoisotopic (exact) mass is 770 g/mol. The van der Waals surface area contributed by atoms with Crippen LogP contribution < -0.4 is 20.3 Å². The fourth-order valence-corrected chi connectivity index (χ4v) is 7.91. The Hall–Kier alpha value is -4.88. The van der Waals surface area contributed by atoms with E-state index < -0.39 is 11.9 Å². The molecule has 0 aliphatic carbocycles. The minimum absolute atomic E-state index is 0.00986. The van der Waals surface area contributed by atoms with Crippen LogP contribution in [0.5, 0.6) is 11.5 Å². The van der Waals surface area contributed by atoms with Crippen LogP contribution in [0.4, 0.5) is 0 Å². The summed E-state index contributed by atoms with van der Waals surface area (Å²) < 4.78 is 36.6. The Morgan fingerprint density at radius 3 is 1.24 bits per heavy atom. The number of ether oxygens (including phenoxy) is 6. The number of hydrogen-bond acceptors (Lipinski definition) is 12. The van der Waals surface area contributed by atoms with Crippen molar-refractivity contribution in [2.24, 2.45) is 0 Å². The van der Waals surface area contributed by atoms with E-state index in [-0.39, 0.29) is 24.1 Å². The van der Waals surface area contributed by atoms with Gasteiger partial charge in [-0.15, -0.1) is 22.7 Å². The second-order valence-electron chi connectivity index (χ2n) is 12.5. The highest BCUT2D eigenvalue weighted by Crippen LogP contribution is 2.29. The van der Waals surface area contributed by atoms with Gasteiger partial charge in [0, 0.05) is 66.8 Å². The largest absolute Gasteiger partial charge is 0.482 e. The maximum atomic E-state index is 12.7. The van der Waals surface area contributed by atoms with Gasteiger partial charge >= 0.3 is 11.9 Å². The predicted molar refractivity (Wildman–Crippen MR) is 213 cm³/mol. The molecule has 4 aromatic carbocycles. The molecule has 0 N–H and O–H groups in total. The maximum absolute atomic E-state index is 12.7. The smallest absolute Gasteiger partial charge is 0.344 e. The van der Waals surface area contributed by atoms with Gasteiger partial charge in [-0.3, -0.25) is 9.59 Å². The van der Waals surface area contributed by atoms with E-state index in [0.717, 1.165) is 44.5 Å². The molecule has 0 atom stereocenters. The summed E-state index contributed by atoms with van der Waals surface area (Å²) >= 11 is 3.03. The zero-order valence-electron chi connectivity index (χ0n) is 29.9. The highest BCUT2D eigenvalue weighted by molar-refractivity contribution is 7.25. The molecule has 282 valence electrons. The molecular formula is C42H42O10S2. The SMILES string of the molecule is O=C(COc1ccc2c(=O)c3ccccc3sc2c1)OCCCCOCCCCOCCCCOC(=O)COc1ccc2c(=O)c3ccccc3sc2c1. The van der Waals surface area contributed by atoms with Gasteiger partial charge in [-0.2, -0.15) is 0 Å². The predicted octanol–water partition coefficient (Wildman–Crippen LogP) is 8.06. The molecule has 0 saturated heterocycles. The van der Waals surface area contributed by atoms with Gasteiger partial charge in [-0.1, -0.05) is 24.3 Å². The standard InChI is InChI=1S/C42H42O10S2/c43-39(27-51-29-15-17-33-37(25-29)53-35-13-3-1-11-31(35)41(33)45)49-23-9-7-21-47-19-5-6-20-48-22-8-10-24-50-40(44)28-52-30-16-18-34-38(26-30)54-36-14-4-2-12-32(36)42(34)46/h1-4,11-18,25-26H,5-10,19-24,27-28H2. The molecule has 6 rings (SSSR count). The van der Waals surface area contributed by atoms with E-state index in [4.69, 9.17) is 28.4 Å². The normalized spacial score (nSPS) is 11.3. The topological polar surface area (TPSA) is 124 Å². The summed E-state index contributed by atoms with van der Waals surface area (Å²) in [6.07, 6.45) is 4.73. The van der Waals surface area contributed by atoms with E-state index >= 15 is 0 Å². The van der Waals surface area contributed by atoms with Crippen LogP contribution in [-0.2, 0) is 28.5 Å². The van der Waals surface area contributed by atoms with E-state index in [9.17, 15) is 19.2 Å². The van der Waals surface area contributed by atoms with Crippen molar-refractivity contribution < 1.29 is 38.0 Å². The lowest BCUT2D eigenvalue weighted by molar-refractivity contribution is -0.147. The van der Waals surface area contributed by atoms with Crippen LogP contribution in [0.3, 0.4) is 0 Å². The van der Waals surface area contributed by atoms with Gasteiger partial charge in [0.2, 0.25) is 0 Å². The minimum Gasteiger partial charge on any atom is -0.482 e. The maximum Gasteiger partial charge on any atom is 0.344 e. The quantitative estimate of drug-likeness (QED) is 0.0404. The Morgan fingerprint density at radius 2 is 0.815 bits per heavy atom. The van der Waals surface area contributed by atoms with E-state index in [1.54, 1.807) is 36.4 Å². The average molecular weight is 771 g/mol. The molecule has 0 radical (unpaired) electrons. The molecule has 10 nitrogen and oxygen atoms in total. The third-order valence-electron chi connectivity index (χ3n) is 8.53. The molecule has 0 unspecified atom stereocenters. The summed E-state index contributed by atoms with van der Waals surface area (Å²) in [5.74, 6) is 0.145. The molecule has 2 heterocycles. The third kappa shape index (κ3) is 10.8. The molecular weight excluding hydrogens is 729 g/mol.